The summed E-state index contributed by atoms with van der Waals surface area (Å²) in [5.74, 6) is -0.604. The number of hydrazone groups is 1. The number of nitrogens with one attached hydrogen (secondary N) is 1. The average molecular weight is 786 g/mol. The molecule has 1 atom stereocenters. The molecule has 17 nitrogen and oxygen atoms in total. The van der Waals surface area contributed by atoms with E-state index in [9.17, 15) is 27.7 Å². The van der Waals surface area contributed by atoms with Crippen LogP contribution in [0, 0.1) is 6.92 Å². The summed E-state index contributed by atoms with van der Waals surface area (Å²) in [6.45, 7) is 3.04. The second kappa shape index (κ2) is 17.0. The van der Waals surface area contributed by atoms with E-state index in [4.69, 9.17) is 9.99 Å². The monoisotopic (exact) mass is 785 g/mol. The predicted molar refractivity (Wildman–Crippen MR) is 202 cm³/mol. The van der Waals surface area contributed by atoms with Gasteiger partial charge in [-0.15, -0.1) is 4.33 Å². The highest BCUT2D eigenvalue weighted by Crippen LogP contribution is 2.36. The highest BCUT2D eigenvalue weighted by molar-refractivity contribution is 7.94. The molecule has 282 valence electrons. The summed E-state index contributed by atoms with van der Waals surface area (Å²) < 4.78 is 44.3. The Morgan fingerprint density at radius 2 is 1.69 bits per heavy atom. The molecule has 0 saturated heterocycles. The third-order valence-corrected chi connectivity index (χ3v) is 9.45. The fraction of sp³-hybridized carbons (Fsp3) is 0.139. The van der Waals surface area contributed by atoms with Gasteiger partial charge >= 0.3 is 0 Å². The second-order valence-corrected chi connectivity index (χ2v) is 13.9. The largest absolute Gasteiger partial charge is 0.489 e. The van der Waals surface area contributed by atoms with E-state index in [-0.39, 0.29) is 40.8 Å². The summed E-state index contributed by atoms with van der Waals surface area (Å²) in [6.07, 6.45) is 0. The normalized spacial score (nSPS) is 14.6. The van der Waals surface area contributed by atoms with Gasteiger partial charge in [0.05, 0.1) is 52.8 Å². The Kier molecular flexibility index (Phi) is 12.0. The van der Waals surface area contributed by atoms with E-state index in [1.54, 1.807) is 74.5 Å². The second-order valence-electron chi connectivity index (χ2n) is 11.8. The van der Waals surface area contributed by atoms with E-state index in [1.807, 2.05) is 18.2 Å². The summed E-state index contributed by atoms with van der Waals surface area (Å²) in [5.41, 5.74) is 3.30. The zero-order chi connectivity index (χ0) is 39.1. The molecule has 55 heavy (non-hydrogen) atoms. The number of ether oxygens (including phenoxy) is 1. The van der Waals surface area contributed by atoms with Gasteiger partial charge in [0.15, 0.2) is 6.04 Å². The maximum atomic E-state index is 13.3. The van der Waals surface area contributed by atoms with Crippen LogP contribution in [0.25, 0.3) is 10.8 Å². The number of hydrogen-bond acceptors (Lipinski definition) is 15. The number of carbonyl (C=O) groups excluding carboxylic acids is 2. The minimum atomic E-state index is -4.68. The number of amides is 2. The molecule has 0 fully saturated rings. The number of nitrogens with zero attached hydrogens (tertiary/aromatic N) is 6. The SMILES string of the molecule is CC1=NN(c2ccccc2)C(=O)C1N=Nc1ccc(C(=O)Nc2cc(C)c(N=Nc3ccc4cc(SOOO)cc(S(=O)(=O)O)c4c3)cc2OCCO)cc1. The number of rotatable bonds is 14. The van der Waals surface area contributed by atoms with Crippen LogP contribution in [-0.4, -0.2) is 60.1 Å². The maximum Gasteiger partial charge on any atom is 0.295 e. The molecule has 1 aliphatic heterocycles. The number of azo groups is 2. The van der Waals surface area contributed by atoms with Crippen LogP contribution in [0.2, 0.25) is 0 Å². The highest BCUT2D eigenvalue weighted by Gasteiger charge is 2.34. The van der Waals surface area contributed by atoms with Gasteiger partial charge in [-0.3, -0.25) is 14.1 Å². The van der Waals surface area contributed by atoms with Crippen molar-refractivity contribution in [2.75, 3.05) is 23.5 Å². The van der Waals surface area contributed by atoms with Gasteiger partial charge in [0.2, 0.25) is 0 Å². The number of para-hydroxylation sites is 1. The van der Waals surface area contributed by atoms with E-state index >= 15 is 0 Å². The number of anilines is 2. The van der Waals surface area contributed by atoms with Crippen molar-refractivity contribution in [1.29, 1.82) is 0 Å². The molecule has 5 aromatic carbocycles. The zero-order valence-corrected chi connectivity index (χ0v) is 30.6. The summed E-state index contributed by atoms with van der Waals surface area (Å²) >= 11 is 0.530. The third kappa shape index (κ3) is 9.24. The lowest BCUT2D eigenvalue weighted by molar-refractivity contribution is -0.432. The van der Waals surface area contributed by atoms with Gasteiger partial charge in [-0.2, -0.15) is 39.0 Å². The molecule has 0 spiro atoms. The molecule has 0 aliphatic carbocycles. The molecule has 1 heterocycles. The lowest BCUT2D eigenvalue weighted by Gasteiger charge is -2.14. The van der Waals surface area contributed by atoms with Crippen LogP contribution in [-0.2, 0) is 24.3 Å². The Labute approximate surface area is 317 Å². The highest BCUT2D eigenvalue weighted by atomic mass is 32.2. The molecule has 0 bridgehead atoms. The Balaban J connectivity index is 1.17. The summed E-state index contributed by atoms with van der Waals surface area (Å²) in [6, 6.07) is 24.8. The van der Waals surface area contributed by atoms with Crippen molar-refractivity contribution in [3.05, 3.63) is 108 Å². The molecule has 1 aliphatic rings. The first-order valence-corrected chi connectivity index (χ1v) is 18.4. The summed E-state index contributed by atoms with van der Waals surface area (Å²) in [5, 5.41) is 47.4. The standard InChI is InChI=1S/C36H31N7O10S2/c1-21-16-31(37-35(45)23-8-11-25(12-9-23)38-41-34-22(2)42-43(36(34)46)27-6-4-3-5-7-27)32(51-15-14-44)20-30(21)40-39-26-13-10-24-17-28(54-53-52-47)19-33(29(24)18-26)55(48,49)50/h3-13,16-20,34,44,47H,14-15H2,1-2H3,(H,37,45)(H,48,49,50). The van der Waals surface area contributed by atoms with Crippen LogP contribution in [0.3, 0.4) is 0 Å². The van der Waals surface area contributed by atoms with Crippen LogP contribution < -0.4 is 15.1 Å². The topological polar surface area (TPSA) is 234 Å². The van der Waals surface area contributed by atoms with Crippen molar-refractivity contribution in [3.8, 4) is 5.75 Å². The number of aliphatic hydroxyl groups excluding tert-OH is 1. The van der Waals surface area contributed by atoms with Crippen molar-refractivity contribution in [2.45, 2.75) is 29.7 Å². The molecule has 4 N–H and O–H groups in total. The van der Waals surface area contributed by atoms with Gasteiger partial charge in [0.1, 0.15) is 17.3 Å². The summed E-state index contributed by atoms with van der Waals surface area (Å²) in [4.78, 5) is 26.0. The summed E-state index contributed by atoms with van der Waals surface area (Å²) in [7, 11) is -4.68. The minimum Gasteiger partial charge on any atom is -0.489 e. The Bertz CT molecular complexity index is 2450. The van der Waals surface area contributed by atoms with E-state index in [1.165, 1.54) is 17.1 Å². The Morgan fingerprint density at radius 1 is 0.945 bits per heavy atom. The van der Waals surface area contributed by atoms with Crippen molar-refractivity contribution in [3.63, 3.8) is 0 Å². The van der Waals surface area contributed by atoms with Crippen molar-refractivity contribution in [2.24, 2.45) is 25.6 Å². The van der Waals surface area contributed by atoms with Gasteiger partial charge in [-0.25, -0.2) is 5.26 Å². The van der Waals surface area contributed by atoms with Gasteiger partial charge in [0, 0.05) is 21.9 Å². The molecule has 19 heteroatoms. The first-order valence-electron chi connectivity index (χ1n) is 16.2. The Hall–Kier alpha value is -5.93. The maximum absolute atomic E-state index is 13.3. The average Bonchev–Trinajstić information content (AvgIpc) is 3.47. The van der Waals surface area contributed by atoms with E-state index in [2.05, 4.69) is 40.2 Å². The smallest absolute Gasteiger partial charge is 0.295 e. The van der Waals surface area contributed by atoms with Crippen molar-refractivity contribution in [1.82, 2.24) is 0 Å². The fourth-order valence-electron chi connectivity index (χ4n) is 5.37. The zero-order valence-electron chi connectivity index (χ0n) is 28.9. The molecule has 2 amide bonds. The fourth-order valence-corrected chi connectivity index (χ4v) is 6.63. The molecule has 1 unspecified atom stereocenters. The lowest BCUT2D eigenvalue weighted by Crippen LogP contribution is -2.29. The first kappa shape index (κ1) is 38.8. The first-order chi connectivity index (χ1) is 26.4. The molecular weight excluding hydrogens is 755 g/mol. The van der Waals surface area contributed by atoms with E-state index in [0.717, 1.165) is 6.07 Å². The molecule has 0 radical (unpaired) electrons. The number of fused-ring (bicyclic) bond motifs is 1. The van der Waals surface area contributed by atoms with Crippen LogP contribution in [0.1, 0.15) is 22.8 Å². The van der Waals surface area contributed by atoms with Crippen LogP contribution in [0.5, 0.6) is 5.75 Å². The number of hydrogen-bond donors (Lipinski definition) is 4. The quantitative estimate of drug-likeness (QED) is 0.0279. The number of benzene rings is 5. The van der Waals surface area contributed by atoms with Gasteiger partial charge in [0.25, 0.3) is 21.9 Å². The van der Waals surface area contributed by atoms with E-state index < -0.39 is 27.0 Å². The Morgan fingerprint density at radius 3 is 2.40 bits per heavy atom. The van der Waals surface area contributed by atoms with Gasteiger partial charge in [-0.05, 0) is 91.5 Å². The molecule has 0 aromatic heterocycles. The number of carbonyl (C=O) groups is 2. The van der Waals surface area contributed by atoms with Crippen LogP contribution in [0.15, 0.2) is 132 Å². The molecule has 6 rings (SSSR count). The third-order valence-electron chi connectivity index (χ3n) is 8.00. The van der Waals surface area contributed by atoms with Crippen LogP contribution >= 0.6 is 12.0 Å². The molecule has 0 saturated carbocycles. The lowest BCUT2D eigenvalue weighted by atomic mass is 10.1. The van der Waals surface area contributed by atoms with E-state index in [0.29, 0.717) is 57.0 Å². The minimum absolute atomic E-state index is 0.0855. The van der Waals surface area contributed by atoms with Crippen molar-refractivity contribution >= 4 is 78.9 Å². The molecular formula is C36H31N7O10S2. The van der Waals surface area contributed by atoms with Crippen molar-refractivity contribution < 1.29 is 47.0 Å². The number of aryl methyl sites for hydroxylation is 1. The molecule has 5 aromatic rings. The number of aliphatic hydroxyl groups is 1. The predicted octanol–water partition coefficient (Wildman–Crippen LogP) is 7.74. The van der Waals surface area contributed by atoms with Gasteiger partial charge < -0.3 is 15.2 Å². The van der Waals surface area contributed by atoms with Crippen LogP contribution in [0.4, 0.5) is 28.4 Å². The van der Waals surface area contributed by atoms with Gasteiger partial charge in [-0.1, -0.05) is 29.3 Å².